The van der Waals surface area contributed by atoms with Crippen molar-refractivity contribution >= 4 is 40.7 Å². The molecule has 6 nitrogen and oxygen atoms in total. The zero-order chi connectivity index (χ0) is 26.6. The number of halogens is 3. The Morgan fingerprint density at radius 3 is 2.71 bits per heavy atom. The maximum absolute atomic E-state index is 15.9. The van der Waals surface area contributed by atoms with E-state index in [-0.39, 0.29) is 28.0 Å². The molecular formula is C27H24F3N5OS2. The third kappa shape index (κ3) is 5.85. The first-order valence-electron chi connectivity index (χ1n) is 12.0. The van der Waals surface area contributed by atoms with Gasteiger partial charge in [0.05, 0.1) is 26.2 Å². The van der Waals surface area contributed by atoms with E-state index in [0.29, 0.717) is 11.5 Å². The summed E-state index contributed by atoms with van der Waals surface area (Å²) in [5, 5.41) is 6.96. The quantitative estimate of drug-likeness (QED) is 0.217. The minimum atomic E-state index is -0.610. The van der Waals surface area contributed by atoms with Crippen LogP contribution in [-0.4, -0.2) is 29.0 Å². The number of pyridine rings is 1. The van der Waals surface area contributed by atoms with Crippen LogP contribution < -0.4 is 15.4 Å². The summed E-state index contributed by atoms with van der Waals surface area (Å²) in [6.07, 6.45) is 3.45. The smallest absolute Gasteiger partial charge is 0.222 e. The molecule has 3 N–H and O–H groups in total. The van der Waals surface area contributed by atoms with E-state index in [2.05, 4.69) is 20.3 Å². The van der Waals surface area contributed by atoms with Gasteiger partial charge in [-0.2, -0.15) is 0 Å². The first-order chi connectivity index (χ1) is 18.4. The molecule has 0 atom stereocenters. The Morgan fingerprint density at radius 2 is 1.92 bits per heavy atom. The summed E-state index contributed by atoms with van der Waals surface area (Å²) in [7, 11) is 0. The zero-order valence-electron chi connectivity index (χ0n) is 20.4. The van der Waals surface area contributed by atoms with Gasteiger partial charge in [0.1, 0.15) is 17.5 Å². The second kappa shape index (κ2) is 11.5. The fourth-order valence-electron chi connectivity index (χ4n) is 4.24. The lowest BCUT2D eigenvalue weighted by molar-refractivity contribution is -0.114. The normalized spacial score (nSPS) is 13.9. The number of hydrogen-bond acceptors (Lipinski definition) is 7. The molecule has 0 spiro atoms. The highest BCUT2D eigenvalue weighted by Gasteiger charge is 2.25. The lowest BCUT2D eigenvalue weighted by Gasteiger charge is -2.20. The average molecular weight is 556 g/mol. The zero-order valence-corrected chi connectivity index (χ0v) is 22.0. The maximum atomic E-state index is 15.9. The van der Waals surface area contributed by atoms with Gasteiger partial charge in [-0.25, -0.2) is 23.1 Å². The van der Waals surface area contributed by atoms with Gasteiger partial charge in [0.2, 0.25) is 5.91 Å². The summed E-state index contributed by atoms with van der Waals surface area (Å²) in [5.74, 6) is -1.36. The molecule has 0 radical (unpaired) electrons. The lowest BCUT2D eigenvalue weighted by atomic mass is 9.99. The Bertz CT molecular complexity index is 1470. The van der Waals surface area contributed by atoms with E-state index in [1.165, 1.54) is 24.3 Å². The number of amides is 1. The summed E-state index contributed by atoms with van der Waals surface area (Å²) in [4.78, 5) is 21.5. The van der Waals surface area contributed by atoms with Gasteiger partial charge in [-0.3, -0.25) is 4.79 Å². The second-order valence-electron chi connectivity index (χ2n) is 8.81. The van der Waals surface area contributed by atoms with Gasteiger partial charge in [-0.15, -0.1) is 11.3 Å². The number of nitrogens with zero attached hydrogens (tertiary/aromatic N) is 2. The highest BCUT2D eigenvalue weighted by atomic mass is 32.2. The van der Waals surface area contributed by atoms with Crippen molar-refractivity contribution in [3.05, 3.63) is 77.2 Å². The minimum absolute atomic E-state index is 0.0135. The number of aromatic nitrogens is 2. The van der Waals surface area contributed by atoms with Crippen LogP contribution in [-0.2, 0) is 4.79 Å². The molecule has 196 valence electrons. The molecule has 0 bridgehead atoms. The van der Waals surface area contributed by atoms with E-state index < -0.39 is 17.5 Å². The first-order valence-corrected chi connectivity index (χ1v) is 13.6. The van der Waals surface area contributed by atoms with Crippen molar-refractivity contribution in [2.45, 2.75) is 30.6 Å². The van der Waals surface area contributed by atoms with Crippen LogP contribution in [0.2, 0.25) is 0 Å². The Hall–Kier alpha value is -3.41. The average Bonchev–Trinajstić information content (AvgIpc) is 3.35. The van der Waals surface area contributed by atoms with E-state index in [1.807, 2.05) is 0 Å². The summed E-state index contributed by atoms with van der Waals surface area (Å²) >= 11 is 2.30. The highest BCUT2D eigenvalue weighted by molar-refractivity contribution is 8.00. The lowest BCUT2D eigenvalue weighted by Crippen LogP contribution is -2.26. The number of anilines is 2. The van der Waals surface area contributed by atoms with Crippen LogP contribution >= 0.6 is 23.3 Å². The number of nitrogens with one attached hydrogen (secondary N) is 3. The molecule has 5 rings (SSSR count). The van der Waals surface area contributed by atoms with Gasteiger partial charge in [-0.1, -0.05) is 6.07 Å². The summed E-state index contributed by atoms with van der Waals surface area (Å²) in [6, 6.07) is 11.5. The molecule has 0 aliphatic carbocycles. The summed E-state index contributed by atoms with van der Waals surface area (Å²) < 4.78 is 46.4. The Morgan fingerprint density at radius 1 is 1.11 bits per heavy atom. The molecule has 4 aromatic rings. The third-order valence-electron chi connectivity index (χ3n) is 6.08. The second-order valence-corrected chi connectivity index (χ2v) is 10.7. The van der Waals surface area contributed by atoms with Gasteiger partial charge < -0.3 is 15.4 Å². The molecular weight excluding hydrogens is 531 g/mol. The molecule has 3 heterocycles. The van der Waals surface area contributed by atoms with Crippen LogP contribution in [0.4, 0.5) is 24.7 Å². The van der Waals surface area contributed by atoms with Crippen LogP contribution in [0.15, 0.2) is 59.6 Å². The van der Waals surface area contributed by atoms with Crippen LogP contribution in [0.5, 0.6) is 0 Å². The predicted molar refractivity (Wildman–Crippen MR) is 146 cm³/mol. The minimum Gasteiger partial charge on any atom is -0.323 e. The van der Waals surface area contributed by atoms with Crippen molar-refractivity contribution in [3.63, 3.8) is 0 Å². The SMILES string of the molecule is CC(=O)Nc1cc(-c2sc(C3CCNCC3)nc2-c2cccc(NSc3cc(F)ccc3F)c2F)ccn1. The standard InChI is InChI=1S/C27H24F3N5OS2/c1-15(36)33-23-13-17(9-12-32-23)26-25(34-27(37-26)16-7-10-31-11-8-16)19-3-2-4-21(24(19)30)35-38-22-14-18(28)5-6-20(22)29/h2-6,9,12-14,16,31,35H,7-8,10-11H2,1H3,(H,32,33,36). The number of carbonyl (C=O) groups excluding carboxylic acids is 1. The molecule has 11 heteroatoms. The topological polar surface area (TPSA) is 78.9 Å². The summed E-state index contributed by atoms with van der Waals surface area (Å²) in [5.41, 5.74) is 1.63. The Labute approximate surface area is 226 Å². The van der Waals surface area contributed by atoms with Crippen LogP contribution in [0.3, 0.4) is 0 Å². The van der Waals surface area contributed by atoms with E-state index >= 15 is 4.39 Å². The van der Waals surface area contributed by atoms with Crippen LogP contribution in [0, 0.1) is 17.5 Å². The van der Waals surface area contributed by atoms with Crippen molar-refractivity contribution < 1.29 is 18.0 Å². The summed E-state index contributed by atoms with van der Waals surface area (Å²) in [6.45, 7) is 3.18. The molecule has 1 aliphatic rings. The van der Waals surface area contributed by atoms with Gasteiger partial charge in [-0.05, 0) is 85.9 Å². The number of thiazole rings is 1. The Balaban J connectivity index is 1.54. The molecule has 1 saturated heterocycles. The fraction of sp³-hybridized carbons (Fsp3) is 0.222. The van der Waals surface area contributed by atoms with Crippen molar-refractivity contribution in [3.8, 4) is 21.7 Å². The van der Waals surface area contributed by atoms with E-state index in [1.54, 1.807) is 30.5 Å². The van der Waals surface area contributed by atoms with Crippen molar-refractivity contribution in [1.29, 1.82) is 0 Å². The van der Waals surface area contributed by atoms with E-state index in [9.17, 15) is 13.6 Å². The third-order valence-corrected chi connectivity index (χ3v) is 8.20. The van der Waals surface area contributed by atoms with Crippen LogP contribution in [0.1, 0.15) is 30.7 Å². The highest BCUT2D eigenvalue weighted by Crippen LogP contribution is 2.43. The van der Waals surface area contributed by atoms with Gasteiger partial charge in [0.25, 0.3) is 0 Å². The molecule has 2 aromatic heterocycles. The van der Waals surface area contributed by atoms with E-state index in [0.717, 1.165) is 71.5 Å². The van der Waals surface area contributed by atoms with Crippen molar-refractivity contribution in [2.24, 2.45) is 0 Å². The molecule has 2 aromatic carbocycles. The fourth-order valence-corrected chi connectivity index (χ4v) is 6.20. The number of benzene rings is 2. The molecule has 1 aliphatic heterocycles. The number of piperidine rings is 1. The molecule has 1 fully saturated rings. The van der Waals surface area contributed by atoms with Crippen molar-refractivity contribution in [2.75, 3.05) is 23.1 Å². The predicted octanol–water partition coefficient (Wildman–Crippen LogP) is 6.83. The maximum Gasteiger partial charge on any atom is 0.222 e. The Kier molecular flexibility index (Phi) is 7.96. The number of rotatable bonds is 7. The molecule has 0 saturated carbocycles. The van der Waals surface area contributed by atoms with Gasteiger partial charge in [0.15, 0.2) is 5.82 Å². The number of carbonyl (C=O) groups is 1. The number of hydrogen-bond donors (Lipinski definition) is 3. The van der Waals surface area contributed by atoms with Gasteiger partial charge in [0, 0.05) is 24.6 Å². The monoisotopic (exact) mass is 555 g/mol. The van der Waals surface area contributed by atoms with Crippen molar-refractivity contribution in [1.82, 2.24) is 15.3 Å². The van der Waals surface area contributed by atoms with Crippen LogP contribution in [0.25, 0.3) is 21.7 Å². The van der Waals surface area contributed by atoms with E-state index in [4.69, 9.17) is 4.98 Å². The molecule has 0 unspecified atom stereocenters. The molecule has 38 heavy (non-hydrogen) atoms. The van der Waals surface area contributed by atoms with Gasteiger partial charge >= 0.3 is 0 Å². The molecule has 1 amide bonds. The largest absolute Gasteiger partial charge is 0.323 e. The first kappa shape index (κ1) is 26.2.